The van der Waals surface area contributed by atoms with E-state index in [0.29, 0.717) is 6.54 Å². The highest BCUT2D eigenvalue weighted by Crippen LogP contribution is 2.21. The average Bonchev–Trinajstić information content (AvgIpc) is 2.46. The Hall–Kier alpha value is -1.84. The molecule has 2 aromatic carbocycles. The molecule has 0 aromatic heterocycles. The van der Waals surface area contributed by atoms with Crippen molar-refractivity contribution in [1.29, 1.82) is 0 Å². The van der Waals surface area contributed by atoms with Crippen molar-refractivity contribution >= 4 is 17.5 Å². The fraction of sp³-hybridized carbons (Fsp3) is 0.188. The fourth-order valence-corrected chi connectivity index (χ4v) is 1.95. The van der Waals surface area contributed by atoms with Gasteiger partial charge >= 0.3 is 0 Å². The zero-order chi connectivity index (χ0) is 14.5. The fourth-order valence-electron chi connectivity index (χ4n) is 1.83. The molecule has 0 aliphatic carbocycles. The Balaban J connectivity index is 2.03. The lowest BCUT2D eigenvalue weighted by molar-refractivity contribution is -0.119. The summed E-state index contributed by atoms with van der Waals surface area (Å²) in [6.07, 6.45) is 0. The number of carbonyl (C=O) groups excluding carboxylic acids is 1. The first-order chi connectivity index (χ1) is 9.56. The summed E-state index contributed by atoms with van der Waals surface area (Å²) in [5, 5.41) is 3.80. The van der Waals surface area contributed by atoms with Crippen LogP contribution in [0.15, 0.2) is 48.5 Å². The highest BCUT2D eigenvalue weighted by Gasteiger charge is 2.07. The van der Waals surface area contributed by atoms with Crippen molar-refractivity contribution in [3.8, 4) is 11.1 Å². The summed E-state index contributed by atoms with van der Waals surface area (Å²) >= 11 is 5.87. The van der Waals surface area contributed by atoms with Gasteiger partial charge in [0.25, 0.3) is 0 Å². The van der Waals surface area contributed by atoms with Crippen molar-refractivity contribution < 1.29 is 4.79 Å². The summed E-state index contributed by atoms with van der Waals surface area (Å²) in [5.74, 6) is -0.345. The summed E-state index contributed by atoms with van der Waals surface area (Å²) < 4.78 is 0. The minimum absolute atomic E-state index is 0.328. The van der Waals surface area contributed by atoms with Crippen LogP contribution in [0, 0.1) is 0 Å². The van der Waals surface area contributed by atoms with Gasteiger partial charge in [-0.2, -0.15) is 0 Å². The zero-order valence-corrected chi connectivity index (χ0v) is 12.0. The van der Waals surface area contributed by atoms with E-state index in [-0.39, 0.29) is 11.9 Å². The van der Waals surface area contributed by atoms with Gasteiger partial charge in [0.1, 0.15) is 0 Å². The molecular weight excluding hydrogens is 272 g/mol. The Morgan fingerprint density at radius 2 is 1.60 bits per heavy atom. The van der Waals surface area contributed by atoms with E-state index in [9.17, 15) is 4.79 Å². The van der Waals surface area contributed by atoms with Crippen molar-refractivity contribution in [1.82, 2.24) is 5.32 Å². The molecule has 0 saturated heterocycles. The summed E-state index contributed by atoms with van der Waals surface area (Å²) in [5.41, 5.74) is 8.56. The number of halogens is 1. The van der Waals surface area contributed by atoms with Gasteiger partial charge in [0, 0.05) is 11.6 Å². The largest absolute Gasteiger partial charge is 0.368 e. The molecule has 0 heterocycles. The third-order valence-electron chi connectivity index (χ3n) is 3.17. The maximum Gasteiger partial charge on any atom is 0.234 e. The first-order valence-corrected chi connectivity index (χ1v) is 6.81. The first kappa shape index (κ1) is 14.6. The van der Waals surface area contributed by atoms with Gasteiger partial charge < -0.3 is 11.1 Å². The van der Waals surface area contributed by atoms with Crippen molar-refractivity contribution in [3.05, 3.63) is 59.1 Å². The molecule has 0 radical (unpaired) electrons. The summed E-state index contributed by atoms with van der Waals surface area (Å²) in [6.45, 7) is 2.37. The molecule has 3 nitrogen and oxygen atoms in total. The van der Waals surface area contributed by atoms with Gasteiger partial charge in [-0.1, -0.05) is 48.0 Å². The van der Waals surface area contributed by atoms with Crippen LogP contribution < -0.4 is 11.1 Å². The molecular formula is C16H17ClN2O. The zero-order valence-electron chi connectivity index (χ0n) is 11.3. The minimum Gasteiger partial charge on any atom is -0.368 e. The number of nitrogens with two attached hydrogens (primary N) is 1. The number of primary amides is 1. The van der Waals surface area contributed by atoms with E-state index in [1.807, 2.05) is 36.4 Å². The molecule has 4 heteroatoms. The number of benzene rings is 2. The molecule has 0 fully saturated rings. The van der Waals surface area contributed by atoms with Crippen LogP contribution in [0.3, 0.4) is 0 Å². The third-order valence-corrected chi connectivity index (χ3v) is 3.42. The molecule has 1 atom stereocenters. The van der Waals surface area contributed by atoms with Gasteiger partial charge in [-0.15, -0.1) is 0 Å². The Morgan fingerprint density at radius 3 is 2.10 bits per heavy atom. The van der Waals surface area contributed by atoms with Gasteiger partial charge in [0.05, 0.1) is 6.04 Å². The van der Waals surface area contributed by atoms with Crippen LogP contribution in [0.1, 0.15) is 12.5 Å². The Labute approximate surface area is 123 Å². The SMILES string of the molecule is C[C@H](NCc1ccc(-c2ccc(Cl)cc2)cc1)C(N)=O. The smallest absolute Gasteiger partial charge is 0.234 e. The third kappa shape index (κ3) is 3.83. The predicted octanol–water partition coefficient (Wildman–Crippen LogP) is 2.97. The van der Waals surface area contributed by atoms with Gasteiger partial charge in [-0.05, 0) is 35.7 Å². The van der Waals surface area contributed by atoms with E-state index < -0.39 is 0 Å². The molecule has 0 unspecified atom stereocenters. The second-order valence-corrected chi connectivity index (χ2v) is 5.15. The van der Waals surface area contributed by atoms with Crippen molar-refractivity contribution in [2.45, 2.75) is 19.5 Å². The predicted molar refractivity (Wildman–Crippen MR) is 82.4 cm³/mol. The summed E-state index contributed by atoms with van der Waals surface area (Å²) in [7, 11) is 0. The molecule has 0 spiro atoms. The number of nitrogens with one attached hydrogen (secondary N) is 1. The standard InChI is InChI=1S/C16H17ClN2O/c1-11(16(18)20)19-10-12-2-4-13(5-3-12)14-6-8-15(17)9-7-14/h2-9,11,19H,10H2,1H3,(H2,18,20)/t11-/m0/s1. The van der Waals surface area contributed by atoms with E-state index in [1.54, 1.807) is 6.92 Å². The highest BCUT2D eigenvalue weighted by atomic mass is 35.5. The molecule has 0 aliphatic rings. The molecule has 2 rings (SSSR count). The second kappa shape index (κ2) is 6.55. The van der Waals surface area contributed by atoms with Gasteiger partial charge in [-0.3, -0.25) is 4.79 Å². The number of hydrogen-bond acceptors (Lipinski definition) is 2. The van der Waals surface area contributed by atoms with Crippen LogP contribution in [0.25, 0.3) is 11.1 Å². The van der Waals surface area contributed by atoms with Crippen LogP contribution in [0.5, 0.6) is 0 Å². The maximum absolute atomic E-state index is 10.9. The Bertz CT molecular complexity index is 578. The van der Waals surface area contributed by atoms with E-state index in [1.165, 1.54) is 0 Å². The summed E-state index contributed by atoms with van der Waals surface area (Å²) in [6, 6.07) is 15.6. The molecule has 1 amide bonds. The van der Waals surface area contributed by atoms with Crippen LogP contribution >= 0.6 is 11.6 Å². The molecule has 0 saturated carbocycles. The Kier molecular flexibility index (Phi) is 4.77. The van der Waals surface area contributed by atoms with Gasteiger partial charge in [0.15, 0.2) is 0 Å². The van der Waals surface area contributed by atoms with E-state index >= 15 is 0 Å². The second-order valence-electron chi connectivity index (χ2n) is 4.71. The lowest BCUT2D eigenvalue weighted by Crippen LogP contribution is -2.38. The number of amides is 1. The van der Waals surface area contributed by atoms with Crippen LogP contribution in [-0.4, -0.2) is 11.9 Å². The van der Waals surface area contributed by atoms with Crippen molar-refractivity contribution in [2.24, 2.45) is 5.73 Å². The van der Waals surface area contributed by atoms with Crippen LogP contribution in [-0.2, 0) is 11.3 Å². The van der Waals surface area contributed by atoms with Gasteiger partial charge in [0.2, 0.25) is 5.91 Å². The molecule has 3 N–H and O–H groups in total. The lowest BCUT2D eigenvalue weighted by atomic mass is 10.0. The highest BCUT2D eigenvalue weighted by molar-refractivity contribution is 6.30. The normalized spacial score (nSPS) is 12.1. The first-order valence-electron chi connectivity index (χ1n) is 6.44. The van der Waals surface area contributed by atoms with Crippen LogP contribution in [0.4, 0.5) is 0 Å². The van der Waals surface area contributed by atoms with E-state index in [0.717, 1.165) is 21.7 Å². The van der Waals surface area contributed by atoms with E-state index in [2.05, 4.69) is 17.4 Å². The monoisotopic (exact) mass is 288 g/mol. The van der Waals surface area contributed by atoms with Crippen molar-refractivity contribution in [3.63, 3.8) is 0 Å². The lowest BCUT2D eigenvalue weighted by Gasteiger charge is -2.10. The number of hydrogen-bond donors (Lipinski definition) is 2. The number of rotatable bonds is 5. The van der Waals surface area contributed by atoms with E-state index in [4.69, 9.17) is 17.3 Å². The van der Waals surface area contributed by atoms with Gasteiger partial charge in [-0.25, -0.2) is 0 Å². The molecule has 0 bridgehead atoms. The quantitative estimate of drug-likeness (QED) is 0.889. The molecule has 104 valence electrons. The number of carbonyl (C=O) groups is 1. The molecule has 0 aliphatic heterocycles. The summed E-state index contributed by atoms with van der Waals surface area (Å²) in [4.78, 5) is 10.9. The van der Waals surface area contributed by atoms with Crippen molar-refractivity contribution in [2.75, 3.05) is 0 Å². The van der Waals surface area contributed by atoms with Crippen LogP contribution in [0.2, 0.25) is 5.02 Å². The maximum atomic E-state index is 10.9. The Morgan fingerprint density at radius 1 is 1.10 bits per heavy atom. The molecule has 20 heavy (non-hydrogen) atoms. The topological polar surface area (TPSA) is 55.1 Å². The molecule has 2 aromatic rings. The minimum atomic E-state index is -0.345. The average molecular weight is 289 g/mol.